The quantitative estimate of drug-likeness (QED) is 0.635. The Morgan fingerprint density at radius 2 is 1.88 bits per heavy atom. The number of hydrogen-bond acceptors (Lipinski definition) is 2. The monoisotopic (exact) mass is 249 g/mol. The number of aromatic nitrogens is 1. The molecule has 1 heterocycles. The summed E-state index contributed by atoms with van der Waals surface area (Å²) < 4.78 is 4.32. The standard InChI is InChI=1S/C15H23NS/c1-5-8-10-15(4,11-9-6-2)13-12-17-16-14(13)7-3/h3,12H,5-6,8-11H2,1-2,4H3. The first kappa shape index (κ1) is 14.3. The molecule has 0 aliphatic carbocycles. The van der Waals surface area contributed by atoms with Crippen molar-refractivity contribution in [2.45, 2.75) is 64.7 Å². The van der Waals surface area contributed by atoms with Crippen LogP contribution in [0.25, 0.3) is 0 Å². The molecule has 0 amide bonds. The summed E-state index contributed by atoms with van der Waals surface area (Å²) in [6, 6.07) is 0. The van der Waals surface area contributed by atoms with Crippen LogP contribution in [0, 0.1) is 12.3 Å². The van der Waals surface area contributed by atoms with E-state index in [9.17, 15) is 0 Å². The van der Waals surface area contributed by atoms with Crippen molar-refractivity contribution in [2.24, 2.45) is 0 Å². The molecule has 1 nitrogen and oxygen atoms in total. The minimum absolute atomic E-state index is 0.223. The van der Waals surface area contributed by atoms with E-state index in [-0.39, 0.29) is 5.41 Å². The number of nitrogens with zero attached hydrogens (tertiary/aromatic N) is 1. The van der Waals surface area contributed by atoms with E-state index in [2.05, 4.69) is 36.4 Å². The second-order valence-electron chi connectivity index (χ2n) is 4.99. The Labute approximate surface area is 110 Å². The molecule has 0 aliphatic rings. The molecule has 0 bridgehead atoms. The van der Waals surface area contributed by atoms with Crippen molar-refractivity contribution in [3.05, 3.63) is 16.6 Å². The van der Waals surface area contributed by atoms with Crippen LogP contribution >= 0.6 is 11.5 Å². The van der Waals surface area contributed by atoms with Crippen molar-refractivity contribution < 1.29 is 0 Å². The fourth-order valence-corrected chi connectivity index (χ4v) is 3.11. The van der Waals surface area contributed by atoms with Gasteiger partial charge in [-0.05, 0) is 35.7 Å². The Hall–Kier alpha value is -0.810. The van der Waals surface area contributed by atoms with Gasteiger partial charge in [0.25, 0.3) is 0 Å². The van der Waals surface area contributed by atoms with Gasteiger partial charge in [-0.3, -0.25) is 0 Å². The molecule has 0 aliphatic heterocycles. The molecular weight excluding hydrogens is 226 g/mol. The molecule has 0 spiro atoms. The van der Waals surface area contributed by atoms with Gasteiger partial charge in [0.15, 0.2) is 0 Å². The minimum Gasteiger partial charge on any atom is -0.184 e. The summed E-state index contributed by atoms with van der Waals surface area (Å²) in [5, 5.41) is 2.15. The molecule has 0 saturated carbocycles. The van der Waals surface area contributed by atoms with Crippen molar-refractivity contribution in [3.8, 4) is 12.3 Å². The van der Waals surface area contributed by atoms with Crippen LogP contribution in [0.3, 0.4) is 0 Å². The second kappa shape index (κ2) is 6.81. The Morgan fingerprint density at radius 3 is 2.35 bits per heavy atom. The van der Waals surface area contributed by atoms with Gasteiger partial charge in [0, 0.05) is 10.9 Å². The van der Waals surface area contributed by atoms with Crippen LogP contribution in [-0.4, -0.2) is 4.37 Å². The Bertz CT molecular complexity index is 365. The molecule has 0 radical (unpaired) electrons. The van der Waals surface area contributed by atoms with Crippen LogP contribution in [0.4, 0.5) is 0 Å². The summed E-state index contributed by atoms with van der Waals surface area (Å²) in [6.45, 7) is 6.84. The lowest BCUT2D eigenvalue weighted by atomic mass is 9.75. The lowest BCUT2D eigenvalue weighted by Gasteiger charge is -2.29. The zero-order chi connectivity index (χ0) is 12.7. The van der Waals surface area contributed by atoms with Crippen LogP contribution in [0.1, 0.15) is 70.6 Å². The average molecular weight is 249 g/mol. The molecule has 0 N–H and O–H groups in total. The molecule has 2 heteroatoms. The van der Waals surface area contributed by atoms with Gasteiger partial charge in [-0.25, -0.2) is 0 Å². The molecule has 94 valence electrons. The summed E-state index contributed by atoms with van der Waals surface area (Å²) in [5.74, 6) is 2.73. The molecule has 1 aromatic heterocycles. The first-order chi connectivity index (χ1) is 8.18. The summed E-state index contributed by atoms with van der Waals surface area (Å²) in [4.78, 5) is 0. The zero-order valence-corrected chi connectivity index (χ0v) is 12.1. The molecular formula is C15H23NS. The Kier molecular flexibility index (Phi) is 5.71. The number of unbranched alkanes of at least 4 members (excludes halogenated alkanes) is 2. The predicted octanol–water partition coefficient (Wildman–Crippen LogP) is 4.76. The third kappa shape index (κ3) is 3.57. The van der Waals surface area contributed by atoms with Gasteiger partial charge in [0.1, 0.15) is 5.69 Å². The third-order valence-electron chi connectivity index (χ3n) is 3.52. The maximum Gasteiger partial charge on any atom is 0.130 e. The highest BCUT2D eigenvalue weighted by atomic mass is 32.1. The molecule has 1 rings (SSSR count). The van der Waals surface area contributed by atoms with Crippen LogP contribution in [0.2, 0.25) is 0 Å². The fourth-order valence-electron chi connectivity index (χ4n) is 2.30. The largest absolute Gasteiger partial charge is 0.184 e. The maximum atomic E-state index is 5.54. The van der Waals surface area contributed by atoms with E-state index < -0.39 is 0 Å². The van der Waals surface area contributed by atoms with E-state index in [0.29, 0.717) is 0 Å². The molecule has 0 atom stereocenters. The van der Waals surface area contributed by atoms with Crippen molar-refractivity contribution >= 4 is 11.5 Å². The highest BCUT2D eigenvalue weighted by Crippen LogP contribution is 2.37. The third-order valence-corrected chi connectivity index (χ3v) is 4.15. The summed E-state index contributed by atoms with van der Waals surface area (Å²) >= 11 is 1.49. The normalized spacial score (nSPS) is 11.4. The lowest BCUT2D eigenvalue weighted by molar-refractivity contribution is 0.374. The van der Waals surface area contributed by atoms with Crippen LogP contribution in [0.15, 0.2) is 5.38 Å². The highest BCUT2D eigenvalue weighted by molar-refractivity contribution is 7.03. The van der Waals surface area contributed by atoms with Crippen molar-refractivity contribution in [1.82, 2.24) is 4.37 Å². The Balaban J connectivity index is 2.92. The van der Waals surface area contributed by atoms with E-state index in [4.69, 9.17) is 6.42 Å². The van der Waals surface area contributed by atoms with Crippen molar-refractivity contribution in [2.75, 3.05) is 0 Å². The second-order valence-corrected chi connectivity index (χ2v) is 5.62. The van der Waals surface area contributed by atoms with E-state index in [1.165, 1.54) is 55.6 Å². The van der Waals surface area contributed by atoms with E-state index in [1.54, 1.807) is 0 Å². The molecule has 0 aromatic carbocycles. The highest BCUT2D eigenvalue weighted by Gasteiger charge is 2.28. The topological polar surface area (TPSA) is 12.9 Å². The van der Waals surface area contributed by atoms with Crippen LogP contribution in [0.5, 0.6) is 0 Å². The van der Waals surface area contributed by atoms with Gasteiger partial charge in [-0.1, -0.05) is 46.5 Å². The minimum atomic E-state index is 0.223. The average Bonchev–Trinajstić information content (AvgIpc) is 2.82. The summed E-state index contributed by atoms with van der Waals surface area (Å²) in [7, 11) is 0. The van der Waals surface area contributed by atoms with Gasteiger partial charge in [-0.2, -0.15) is 4.37 Å². The van der Waals surface area contributed by atoms with E-state index in [0.717, 1.165) is 5.69 Å². The van der Waals surface area contributed by atoms with Crippen molar-refractivity contribution in [1.29, 1.82) is 0 Å². The van der Waals surface area contributed by atoms with E-state index in [1.807, 2.05) is 0 Å². The Morgan fingerprint density at radius 1 is 1.29 bits per heavy atom. The smallest absolute Gasteiger partial charge is 0.130 e. The maximum absolute atomic E-state index is 5.54. The first-order valence-corrected chi connectivity index (χ1v) is 7.43. The summed E-state index contributed by atoms with van der Waals surface area (Å²) in [6.07, 6.45) is 13.0. The van der Waals surface area contributed by atoms with E-state index >= 15 is 0 Å². The van der Waals surface area contributed by atoms with Gasteiger partial charge in [-0.15, -0.1) is 6.42 Å². The molecule has 17 heavy (non-hydrogen) atoms. The lowest BCUT2D eigenvalue weighted by Crippen LogP contribution is -2.22. The first-order valence-electron chi connectivity index (χ1n) is 6.59. The summed E-state index contributed by atoms with van der Waals surface area (Å²) in [5.41, 5.74) is 2.39. The predicted molar refractivity (Wildman–Crippen MR) is 76.5 cm³/mol. The fraction of sp³-hybridized carbons (Fsp3) is 0.667. The van der Waals surface area contributed by atoms with Gasteiger partial charge in [0.2, 0.25) is 0 Å². The molecule has 0 saturated heterocycles. The van der Waals surface area contributed by atoms with Crippen molar-refractivity contribution in [3.63, 3.8) is 0 Å². The molecule has 1 aromatic rings. The molecule has 0 fully saturated rings. The zero-order valence-electron chi connectivity index (χ0n) is 11.3. The van der Waals surface area contributed by atoms with Crippen LogP contribution in [-0.2, 0) is 5.41 Å². The van der Waals surface area contributed by atoms with Gasteiger partial charge in [0.05, 0.1) is 0 Å². The molecule has 0 unspecified atom stereocenters. The number of terminal acetylenes is 1. The SMILES string of the molecule is C#Cc1nscc1C(C)(CCCC)CCCC. The number of hydrogen-bond donors (Lipinski definition) is 0. The number of rotatable bonds is 7. The van der Waals surface area contributed by atoms with Gasteiger partial charge >= 0.3 is 0 Å². The van der Waals surface area contributed by atoms with Crippen LogP contribution < -0.4 is 0 Å². The van der Waals surface area contributed by atoms with Gasteiger partial charge < -0.3 is 0 Å².